The number of anilines is 2. The maximum atomic E-state index is 12.4. The van der Waals surface area contributed by atoms with Crippen molar-refractivity contribution in [1.29, 1.82) is 0 Å². The van der Waals surface area contributed by atoms with Gasteiger partial charge in [-0.3, -0.25) is 9.20 Å². The van der Waals surface area contributed by atoms with Crippen molar-refractivity contribution in [2.24, 2.45) is 11.8 Å². The first-order valence-corrected chi connectivity index (χ1v) is 9.88. The van der Waals surface area contributed by atoms with E-state index in [-0.39, 0.29) is 11.8 Å². The SMILES string of the molecule is CNc1ncc(-c2cnc3ccc(OC)cn23)c2cc(NC(=O)[C@H]3C[C@H]3C)ncc12. The first-order valence-electron chi connectivity index (χ1n) is 9.88. The monoisotopic (exact) mass is 402 g/mol. The van der Waals surface area contributed by atoms with Gasteiger partial charge >= 0.3 is 0 Å². The predicted octanol–water partition coefficient (Wildman–Crippen LogP) is 3.59. The third kappa shape index (κ3) is 3.01. The van der Waals surface area contributed by atoms with E-state index in [1.165, 1.54) is 0 Å². The molecule has 1 saturated carbocycles. The van der Waals surface area contributed by atoms with E-state index in [1.807, 2.05) is 48.2 Å². The molecule has 0 saturated heterocycles. The minimum atomic E-state index is 0.0262. The average molecular weight is 402 g/mol. The summed E-state index contributed by atoms with van der Waals surface area (Å²) >= 11 is 0. The average Bonchev–Trinajstić information content (AvgIpc) is 3.36. The molecule has 2 atom stereocenters. The van der Waals surface area contributed by atoms with Gasteiger partial charge in [0.05, 0.1) is 25.2 Å². The number of nitrogens with zero attached hydrogens (tertiary/aromatic N) is 4. The van der Waals surface area contributed by atoms with Crippen LogP contribution in [-0.2, 0) is 4.79 Å². The third-order valence-electron chi connectivity index (χ3n) is 5.70. The summed E-state index contributed by atoms with van der Waals surface area (Å²) in [6.45, 7) is 2.08. The van der Waals surface area contributed by atoms with Gasteiger partial charge in [-0.1, -0.05) is 6.92 Å². The van der Waals surface area contributed by atoms with Crippen LogP contribution in [0.4, 0.5) is 11.6 Å². The fraction of sp³-hybridized carbons (Fsp3) is 0.273. The Morgan fingerprint density at radius 1 is 1.17 bits per heavy atom. The molecule has 30 heavy (non-hydrogen) atoms. The van der Waals surface area contributed by atoms with Crippen molar-refractivity contribution in [3.05, 3.63) is 43.0 Å². The molecule has 4 aromatic rings. The number of aromatic nitrogens is 4. The Hall–Kier alpha value is -3.68. The molecule has 152 valence electrons. The van der Waals surface area contributed by atoms with Crippen LogP contribution in [0.2, 0.25) is 0 Å². The number of carbonyl (C=O) groups is 1. The highest BCUT2D eigenvalue weighted by Gasteiger charge is 2.39. The summed E-state index contributed by atoms with van der Waals surface area (Å²) in [5, 5.41) is 7.86. The van der Waals surface area contributed by atoms with E-state index in [4.69, 9.17) is 4.74 Å². The number of imidazole rings is 1. The minimum absolute atomic E-state index is 0.0262. The summed E-state index contributed by atoms with van der Waals surface area (Å²) < 4.78 is 7.35. The van der Waals surface area contributed by atoms with E-state index in [2.05, 4.69) is 32.5 Å². The van der Waals surface area contributed by atoms with Crippen molar-refractivity contribution >= 4 is 34.0 Å². The summed E-state index contributed by atoms with van der Waals surface area (Å²) in [5.41, 5.74) is 2.58. The molecule has 0 aliphatic heterocycles. The molecule has 0 bridgehead atoms. The van der Waals surface area contributed by atoms with Crippen LogP contribution >= 0.6 is 0 Å². The first kappa shape index (κ1) is 18.4. The molecule has 4 heterocycles. The number of methoxy groups -OCH3 is 1. The van der Waals surface area contributed by atoms with Crippen molar-refractivity contribution in [2.45, 2.75) is 13.3 Å². The standard InChI is InChI=1S/C22H22N6O2/c1-12-6-14(12)22(29)27-19-7-15-16(8-26-21(23-2)17(15)9-24-19)18-10-25-20-5-4-13(30-3)11-28(18)20/h4-5,7-12,14H,6H2,1-3H3,(H,23,26)(H,24,27,29)/t12-,14+/m1/s1. The quantitative estimate of drug-likeness (QED) is 0.530. The molecule has 0 radical (unpaired) electrons. The summed E-state index contributed by atoms with van der Waals surface area (Å²) in [6, 6.07) is 5.69. The second-order valence-electron chi connectivity index (χ2n) is 7.63. The van der Waals surface area contributed by atoms with E-state index in [1.54, 1.807) is 13.3 Å². The van der Waals surface area contributed by atoms with E-state index in [9.17, 15) is 4.79 Å². The summed E-state index contributed by atoms with van der Waals surface area (Å²) in [4.78, 5) is 25.9. The highest BCUT2D eigenvalue weighted by molar-refractivity contribution is 6.03. The van der Waals surface area contributed by atoms with E-state index < -0.39 is 0 Å². The van der Waals surface area contributed by atoms with Crippen molar-refractivity contribution in [3.63, 3.8) is 0 Å². The molecule has 1 aliphatic rings. The first-order chi connectivity index (χ1) is 14.6. The van der Waals surface area contributed by atoms with Crippen molar-refractivity contribution in [3.8, 4) is 17.0 Å². The minimum Gasteiger partial charge on any atom is -0.495 e. The molecule has 0 aromatic carbocycles. The Morgan fingerprint density at radius 2 is 2.00 bits per heavy atom. The van der Waals surface area contributed by atoms with Crippen LogP contribution in [-0.4, -0.2) is 39.4 Å². The van der Waals surface area contributed by atoms with Gasteiger partial charge in [-0.15, -0.1) is 0 Å². The lowest BCUT2D eigenvalue weighted by molar-refractivity contribution is -0.117. The molecule has 5 rings (SSSR count). The van der Waals surface area contributed by atoms with Crippen LogP contribution in [0, 0.1) is 11.8 Å². The van der Waals surface area contributed by atoms with Gasteiger partial charge < -0.3 is 15.4 Å². The summed E-state index contributed by atoms with van der Waals surface area (Å²) in [7, 11) is 3.46. The molecular weight excluding hydrogens is 380 g/mol. The van der Waals surface area contributed by atoms with E-state index in [0.29, 0.717) is 11.7 Å². The Bertz CT molecular complexity index is 1280. The number of ether oxygens (including phenoxy) is 1. The van der Waals surface area contributed by atoms with Crippen LogP contribution in [0.15, 0.2) is 43.0 Å². The molecular formula is C22H22N6O2. The number of fused-ring (bicyclic) bond motifs is 2. The Balaban J connectivity index is 1.66. The third-order valence-corrected chi connectivity index (χ3v) is 5.70. The van der Waals surface area contributed by atoms with Gasteiger partial charge in [-0.25, -0.2) is 15.0 Å². The topological polar surface area (TPSA) is 93.4 Å². The van der Waals surface area contributed by atoms with Gasteiger partial charge in [-0.05, 0) is 30.5 Å². The number of nitrogens with one attached hydrogen (secondary N) is 2. The molecule has 1 amide bonds. The zero-order chi connectivity index (χ0) is 20.8. The number of pyridine rings is 3. The second kappa shape index (κ2) is 6.98. The van der Waals surface area contributed by atoms with Crippen molar-refractivity contribution < 1.29 is 9.53 Å². The molecule has 4 aromatic heterocycles. The zero-order valence-electron chi connectivity index (χ0n) is 17.0. The highest BCUT2D eigenvalue weighted by Crippen LogP contribution is 2.39. The van der Waals surface area contributed by atoms with Gasteiger partial charge in [0, 0.05) is 41.7 Å². The highest BCUT2D eigenvalue weighted by atomic mass is 16.5. The maximum Gasteiger partial charge on any atom is 0.228 e. The molecule has 8 heteroatoms. The number of rotatable bonds is 5. The van der Waals surface area contributed by atoms with Crippen LogP contribution in [0.1, 0.15) is 13.3 Å². The lowest BCUT2D eigenvalue weighted by Crippen LogP contribution is -2.15. The largest absolute Gasteiger partial charge is 0.495 e. The summed E-state index contributed by atoms with van der Waals surface area (Å²) in [5.74, 6) is 2.54. The number of hydrogen-bond donors (Lipinski definition) is 2. The molecule has 0 unspecified atom stereocenters. The van der Waals surface area contributed by atoms with Crippen molar-refractivity contribution in [1.82, 2.24) is 19.4 Å². The van der Waals surface area contributed by atoms with Gasteiger partial charge in [0.25, 0.3) is 0 Å². The van der Waals surface area contributed by atoms with E-state index >= 15 is 0 Å². The Labute approximate surface area is 173 Å². The van der Waals surface area contributed by atoms with Gasteiger partial charge in [0.15, 0.2) is 0 Å². The molecule has 0 spiro atoms. The van der Waals surface area contributed by atoms with Crippen LogP contribution in [0.25, 0.3) is 27.7 Å². The van der Waals surface area contributed by atoms with E-state index in [0.717, 1.165) is 45.7 Å². The van der Waals surface area contributed by atoms with Crippen LogP contribution < -0.4 is 15.4 Å². The van der Waals surface area contributed by atoms with Gasteiger partial charge in [-0.2, -0.15) is 0 Å². The molecule has 8 nitrogen and oxygen atoms in total. The number of hydrogen-bond acceptors (Lipinski definition) is 6. The normalized spacial score (nSPS) is 17.8. The summed E-state index contributed by atoms with van der Waals surface area (Å²) in [6.07, 6.45) is 8.20. The van der Waals surface area contributed by atoms with Crippen LogP contribution in [0.3, 0.4) is 0 Å². The van der Waals surface area contributed by atoms with Crippen LogP contribution in [0.5, 0.6) is 5.75 Å². The Kier molecular flexibility index (Phi) is 4.27. The molecule has 1 fully saturated rings. The van der Waals surface area contributed by atoms with Gasteiger partial charge in [0.2, 0.25) is 5.91 Å². The Morgan fingerprint density at radius 3 is 2.73 bits per heavy atom. The predicted molar refractivity (Wildman–Crippen MR) is 116 cm³/mol. The van der Waals surface area contributed by atoms with Gasteiger partial charge in [0.1, 0.15) is 23.0 Å². The number of carbonyl (C=O) groups excluding carboxylic acids is 1. The molecule has 1 aliphatic carbocycles. The lowest BCUT2D eigenvalue weighted by Gasteiger charge is -2.12. The fourth-order valence-electron chi connectivity index (χ4n) is 3.79. The molecule has 2 N–H and O–H groups in total. The zero-order valence-corrected chi connectivity index (χ0v) is 17.0. The fourth-order valence-corrected chi connectivity index (χ4v) is 3.79. The smallest absolute Gasteiger partial charge is 0.228 e. The second-order valence-corrected chi connectivity index (χ2v) is 7.63. The van der Waals surface area contributed by atoms with Crippen molar-refractivity contribution in [2.75, 3.05) is 24.8 Å². The lowest BCUT2D eigenvalue weighted by atomic mass is 10.1. The maximum absolute atomic E-state index is 12.4. The number of amides is 1.